The lowest BCUT2D eigenvalue weighted by Crippen LogP contribution is -2.38. The molecular formula is C16H23N3O. The van der Waals surface area contributed by atoms with Gasteiger partial charge in [-0.3, -0.25) is 9.69 Å². The molecule has 4 nitrogen and oxygen atoms in total. The first-order valence-electron chi connectivity index (χ1n) is 7.27. The number of amides is 1. The highest BCUT2D eigenvalue weighted by Crippen LogP contribution is 2.07. The standard InChI is InChI=1S/C16H23N3O/c1-13-6-8-15(9-7-13)14(2)17-18-16(20)12-19-10-4-3-5-11-19/h6-9H,3-5,10-12H2,1-2H3,(H,18,20)/b17-14-. The van der Waals surface area contributed by atoms with E-state index < -0.39 is 0 Å². The van der Waals surface area contributed by atoms with E-state index in [2.05, 4.69) is 22.4 Å². The number of rotatable bonds is 4. The molecule has 0 bridgehead atoms. The highest BCUT2D eigenvalue weighted by atomic mass is 16.2. The molecule has 1 heterocycles. The first kappa shape index (κ1) is 14.7. The van der Waals surface area contributed by atoms with Crippen molar-refractivity contribution in [1.82, 2.24) is 10.3 Å². The van der Waals surface area contributed by atoms with E-state index in [1.807, 2.05) is 31.2 Å². The second-order valence-electron chi connectivity index (χ2n) is 5.44. The van der Waals surface area contributed by atoms with E-state index in [1.165, 1.54) is 24.8 Å². The Hall–Kier alpha value is -1.68. The number of carbonyl (C=O) groups is 1. The summed E-state index contributed by atoms with van der Waals surface area (Å²) in [5.74, 6) is -0.0293. The monoisotopic (exact) mass is 273 g/mol. The zero-order chi connectivity index (χ0) is 14.4. The van der Waals surface area contributed by atoms with Gasteiger partial charge in [0.15, 0.2) is 0 Å². The Kier molecular flexibility index (Phi) is 5.30. The van der Waals surface area contributed by atoms with Crippen LogP contribution >= 0.6 is 0 Å². The number of nitrogens with one attached hydrogen (secondary N) is 1. The molecule has 0 atom stereocenters. The molecule has 1 aliphatic rings. The molecule has 4 heteroatoms. The Morgan fingerprint density at radius 3 is 2.50 bits per heavy atom. The minimum atomic E-state index is -0.0293. The summed E-state index contributed by atoms with van der Waals surface area (Å²) in [6, 6.07) is 8.13. The molecule has 1 saturated heterocycles. The molecular weight excluding hydrogens is 250 g/mol. The SMILES string of the molecule is C/C(=N/NC(=O)CN1CCCCC1)c1ccc(C)cc1. The van der Waals surface area contributed by atoms with Crippen molar-refractivity contribution < 1.29 is 4.79 Å². The minimum Gasteiger partial charge on any atom is -0.294 e. The third-order valence-corrected chi connectivity index (χ3v) is 3.63. The van der Waals surface area contributed by atoms with Crippen LogP contribution in [0.5, 0.6) is 0 Å². The van der Waals surface area contributed by atoms with Crippen molar-refractivity contribution in [2.75, 3.05) is 19.6 Å². The van der Waals surface area contributed by atoms with Crippen molar-refractivity contribution in [2.24, 2.45) is 5.10 Å². The molecule has 1 amide bonds. The molecule has 1 aromatic rings. The number of aryl methyl sites for hydroxylation is 1. The van der Waals surface area contributed by atoms with Gasteiger partial charge in [0.05, 0.1) is 12.3 Å². The minimum absolute atomic E-state index is 0.0293. The van der Waals surface area contributed by atoms with Crippen LogP contribution in [0.2, 0.25) is 0 Å². The van der Waals surface area contributed by atoms with Crippen LogP contribution < -0.4 is 5.43 Å². The van der Waals surface area contributed by atoms with E-state index in [1.54, 1.807) is 0 Å². The van der Waals surface area contributed by atoms with Gasteiger partial charge in [0, 0.05) is 0 Å². The van der Waals surface area contributed by atoms with E-state index >= 15 is 0 Å². The maximum atomic E-state index is 11.8. The fourth-order valence-electron chi connectivity index (χ4n) is 2.36. The third kappa shape index (κ3) is 4.46. The summed E-state index contributed by atoms with van der Waals surface area (Å²) in [7, 11) is 0. The Balaban J connectivity index is 1.84. The number of benzene rings is 1. The van der Waals surface area contributed by atoms with Gasteiger partial charge in [-0.25, -0.2) is 5.43 Å². The lowest BCUT2D eigenvalue weighted by molar-refractivity contribution is -0.122. The lowest BCUT2D eigenvalue weighted by atomic mass is 10.1. The largest absolute Gasteiger partial charge is 0.294 e. The molecule has 0 saturated carbocycles. The maximum Gasteiger partial charge on any atom is 0.254 e. The van der Waals surface area contributed by atoms with Gasteiger partial charge in [0.2, 0.25) is 0 Å². The van der Waals surface area contributed by atoms with Crippen LogP contribution in [0.3, 0.4) is 0 Å². The Labute approximate surface area is 120 Å². The predicted octanol–water partition coefficient (Wildman–Crippen LogP) is 2.32. The number of hydrogen-bond acceptors (Lipinski definition) is 3. The molecule has 1 aliphatic heterocycles. The van der Waals surface area contributed by atoms with Crippen LogP contribution in [0.4, 0.5) is 0 Å². The zero-order valence-corrected chi connectivity index (χ0v) is 12.4. The summed E-state index contributed by atoms with van der Waals surface area (Å²) < 4.78 is 0. The molecule has 1 fully saturated rings. The van der Waals surface area contributed by atoms with Gasteiger partial charge < -0.3 is 0 Å². The quantitative estimate of drug-likeness (QED) is 0.676. The van der Waals surface area contributed by atoms with Crippen molar-refractivity contribution in [3.8, 4) is 0 Å². The summed E-state index contributed by atoms with van der Waals surface area (Å²) >= 11 is 0. The Morgan fingerprint density at radius 1 is 1.20 bits per heavy atom. The van der Waals surface area contributed by atoms with Crippen molar-refractivity contribution >= 4 is 11.6 Å². The Bertz CT molecular complexity index is 473. The smallest absolute Gasteiger partial charge is 0.254 e. The van der Waals surface area contributed by atoms with Gasteiger partial charge in [-0.05, 0) is 45.3 Å². The highest BCUT2D eigenvalue weighted by Gasteiger charge is 2.13. The molecule has 0 unspecified atom stereocenters. The molecule has 0 spiro atoms. The Morgan fingerprint density at radius 2 is 1.85 bits per heavy atom. The van der Waals surface area contributed by atoms with Crippen LogP contribution in [0, 0.1) is 6.92 Å². The van der Waals surface area contributed by atoms with E-state index in [-0.39, 0.29) is 5.91 Å². The summed E-state index contributed by atoms with van der Waals surface area (Å²) in [6.07, 6.45) is 3.67. The fourth-order valence-corrected chi connectivity index (χ4v) is 2.36. The van der Waals surface area contributed by atoms with E-state index in [9.17, 15) is 4.79 Å². The molecule has 2 rings (SSSR count). The number of hydrazone groups is 1. The van der Waals surface area contributed by atoms with Crippen LogP contribution in [-0.2, 0) is 4.79 Å². The number of nitrogens with zero attached hydrogens (tertiary/aromatic N) is 2. The number of carbonyl (C=O) groups excluding carboxylic acids is 1. The van der Waals surface area contributed by atoms with Gasteiger partial charge in [0.1, 0.15) is 0 Å². The topological polar surface area (TPSA) is 44.7 Å². The first-order valence-corrected chi connectivity index (χ1v) is 7.27. The average Bonchev–Trinajstić information content (AvgIpc) is 2.46. The van der Waals surface area contributed by atoms with Gasteiger partial charge in [-0.1, -0.05) is 36.2 Å². The molecule has 0 radical (unpaired) electrons. The number of piperidine rings is 1. The molecule has 1 N–H and O–H groups in total. The maximum absolute atomic E-state index is 11.8. The van der Waals surface area contributed by atoms with Gasteiger partial charge in [-0.2, -0.15) is 5.10 Å². The third-order valence-electron chi connectivity index (χ3n) is 3.63. The van der Waals surface area contributed by atoms with E-state index in [0.717, 1.165) is 24.4 Å². The second kappa shape index (κ2) is 7.20. The predicted molar refractivity (Wildman–Crippen MR) is 81.8 cm³/mol. The van der Waals surface area contributed by atoms with Gasteiger partial charge in [0.25, 0.3) is 5.91 Å². The molecule has 0 aromatic heterocycles. The number of likely N-dealkylation sites (tertiary alicyclic amines) is 1. The first-order chi connectivity index (χ1) is 9.65. The highest BCUT2D eigenvalue weighted by molar-refractivity contribution is 5.99. The summed E-state index contributed by atoms with van der Waals surface area (Å²) in [6.45, 7) is 6.45. The number of hydrogen-bond donors (Lipinski definition) is 1. The van der Waals surface area contributed by atoms with Crippen LogP contribution in [-0.4, -0.2) is 36.2 Å². The van der Waals surface area contributed by atoms with Crippen LogP contribution in [0.25, 0.3) is 0 Å². The lowest BCUT2D eigenvalue weighted by Gasteiger charge is -2.25. The van der Waals surface area contributed by atoms with Crippen molar-refractivity contribution in [3.63, 3.8) is 0 Å². The second-order valence-corrected chi connectivity index (χ2v) is 5.44. The molecule has 0 aliphatic carbocycles. The normalized spacial score (nSPS) is 17.0. The summed E-state index contributed by atoms with van der Waals surface area (Å²) in [5.41, 5.74) is 5.73. The average molecular weight is 273 g/mol. The van der Waals surface area contributed by atoms with Crippen LogP contribution in [0.1, 0.15) is 37.3 Å². The summed E-state index contributed by atoms with van der Waals surface area (Å²) in [4.78, 5) is 14.0. The summed E-state index contributed by atoms with van der Waals surface area (Å²) in [5, 5.41) is 4.18. The van der Waals surface area contributed by atoms with Gasteiger partial charge in [-0.15, -0.1) is 0 Å². The molecule has 20 heavy (non-hydrogen) atoms. The molecule has 108 valence electrons. The molecule has 1 aromatic carbocycles. The van der Waals surface area contributed by atoms with Gasteiger partial charge >= 0.3 is 0 Å². The fraction of sp³-hybridized carbons (Fsp3) is 0.500. The van der Waals surface area contributed by atoms with Crippen molar-refractivity contribution in [2.45, 2.75) is 33.1 Å². The van der Waals surface area contributed by atoms with Crippen molar-refractivity contribution in [3.05, 3.63) is 35.4 Å². The van der Waals surface area contributed by atoms with E-state index in [4.69, 9.17) is 0 Å². The van der Waals surface area contributed by atoms with Crippen LogP contribution in [0.15, 0.2) is 29.4 Å². The van der Waals surface area contributed by atoms with Crippen molar-refractivity contribution in [1.29, 1.82) is 0 Å². The van der Waals surface area contributed by atoms with E-state index in [0.29, 0.717) is 6.54 Å². The zero-order valence-electron chi connectivity index (χ0n) is 12.4.